The molecule has 0 saturated heterocycles. The van der Waals surface area contributed by atoms with Crippen LogP contribution in [0.1, 0.15) is 12.5 Å². The summed E-state index contributed by atoms with van der Waals surface area (Å²) in [6.45, 7) is 1.36. The number of carbonyl (C=O) groups excluding carboxylic acids is 1. The molecule has 140 valence electrons. The minimum atomic E-state index is -3.65. The van der Waals surface area contributed by atoms with Gasteiger partial charge < -0.3 is 10.6 Å². The maximum atomic E-state index is 13.8. The number of aromatic nitrogens is 1. The van der Waals surface area contributed by atoms with Crippen LogP contribution >= 0.6 is 0 Å². The topological polar surface area (TPSA) is 93.4 Å². The molecular formula is C19H18FN3O3S. The number of sulfone groups is 1. The number of halogens is 1. The van der Waals surface area contributed by atoms with Crippen LogP contribution in [-0.2, 0) is 21.2 Å². The summed E-state index contributed by atoms with van der Waals surface area (Å²) in [6.07, 6.45) is 1.02. The number of nitrogens with zero attached hydrogens (tertiary/aromatic N) is 2. The van der Waals surface area contributed by atoms with Gasteiger partial charge in [-0.25, -0.2) is 17.8 Å². The first-order valence-electron chi connectivity index (χ1n) is 8.08. The van der Waals surface area contributed by atoms with Crippen molar-refractivity contribution in [3.05, 3.63) is 59.9 Å². The van der Waals surface area contributed by atoms with E-state index in [0.29, 0.717) is 16.9 Å². The van der Waals surface area contributed by atoms with Gasteiger partial charge in [0.15, 0.2) is 9.84 Å². The van der Waals surface area contributed by atoms with Crippen LogP contribution in [0.15, 0.2) is 53.4 Å². The average Bonchev–Trinajstić information content (AvgIpc) is 2.57. The van der Waals surface area contributed by atoms with Crippen molar-refractivity contribution >= 4 is 38.2 Å². The van der Waals surface area contributed by atoms with Gasteiger partial charge in [-0.05, 0) is 42.0 Å². The number of fused-ring (bicyclic) bond motifs is 1. The van der Waals surface area contributed by atoms with E-state index < -0.39 is 21.6 Å². The second kappa shape index (κ2) is 6.96. The van der Waals surface area contributed by atoms with E-state index in [9.17, 15) is 17.6 Å². The van der Waals surface area contributed by atoms with Gasteiger partial charge in [-0.15, -0.1) is 0 Å². The van der Waals surface area contributed by atoms with Gasteiger partial charge in [0.1, 0.15) is 11.6 Å². The number of amides is 1. The Bertz CT molecular complexity index is 1150. The Hall–Kier alpha value is -3.00. The minimum absolute atomic E-state index is 0.00521. The molecule has 2 aromatic carbocycles. The van der Waals surface area contributed by atoms with Crippen molar-refractivity contribution in [3.8, 4) is 0 Å². The highest BCUT2D eigenvalue weighted by Gasteiger charge is 2.22. The second-order valence-corrected chi connectivity index (χ2v) is 8.24. The number of carbonyl (C=O) groups is 1. The van der Waals surface area contributed by atoms with Gasteiger partial charge in [0.2, 0.25) is 5.91 Å². The first kappa shape index (κ1) is 18.8. The SMILES string of the molecule is CC(=O)N(Cc1ccc2ccc(N)nc2c1)c1cc(F)ccc1S(C)(=O)=O. The highest BCUT2D eigenvalue weighted by molar-refractivity contribution is 7.90. The Morgan fingerprint density at radius 1 is 1.15 bits per heavy atom. The standard InChI is InChI=1S/C19H18FN3O3S/c1-12(24)23(17-10-15(20)6-7-18(17)27(2,25)26)11-13-3-4-14-5-8-19(21)22-16(14)9-13/h3-10H,11H2,1-2H3,(H2,21,22). The lowest BCUT2D eigenvalue weighted by Crippen LogP contribution is -2.29. The molecule has 0 bridgehead atoms. The summed E-state index contributed by atoms with van der Waals surface area (Å²) < 4.78 is 37.9. The molecule has 0 fully saturated rings. The Labute approximate surface area is 156 Å². The molecule has 0 spiro atoms. The number of anilines is 2. The lowest BCUT2D eigenvalue weighted by Gasteiger charge is -2.24. The van der Waals surface area contributed by atoms with E-state index in [2.05, 4.69) is 4.98 Å². The molecule has 0 unspecified atom stereocenters. The Morgan fingerprint density at radius 2 is 1.85 bits per heavy atom. The first-order valence-corrected chi connectivity index (χ1v) is 9.97. The number of pyridine rings is 1. The molecule has 8 heteroatoms. The number of nitrogen functional groups attached to an aromatic ring is 1. The van der Waals surface area contributed by atoms with Crippen molar-refractivity contribution in [2.75, 3.05) is 16.9 Å². The molecular weight excluding hydrogens is 369 g/mol. The normalized spacial score (nSPS) is 11.5. The van der Waals surface area contributed by atoms with E-state index in [-0.39, 0.29) is 17.1 Å². The van der Waals surface area contributed by atoms with Crippen LogP contribution in [0, 0.1) is 5.82 Å². The summed E-state index contributed by atoms with van der Waals surface area (Å²) in [5, 5.41) is 0.880. The van der Waals surface area contributed by atoms with Crippen molar-refractivity contribution < 1.29 is 17.6 Å². The largest absolute Gasteiger partial charge is 0.384 e. The highest BCUT2D eigenvalue weighted by Crippen LogP contribution is 2.28. The van der Waals surface area contributed by atoms with Crippen LogP contribution in [0.5, 0.6) is 0 Å². The van der Waals surface area contributed by atoms with Gasteiger partial charge in [0, 0.05) is 18.6 Å². The third-order valence-electron chi connectivity index (χ3n) is 4.11. The van der Waals surface area contributed by atoms with Gasteiger partial charge in [0.25, 0.3) is 0 Å². The van der Waals surface area contributed by atoms with Gasteiger partial charge in [-0.3, -0.25) is 4.79 Å². The Kier molecular flexibility index (Phi) is 4.84. The average molecular weight is 387 g/mol. The van der Waals surface area contributed by atoms with Crippen molar-refractivity contribution in [3.63, 3.8) is 0 Å². The molecule has 0 aliphatic rings. The molecule has 0 atom stereocenters. The molecule has 27 heavy (non-hydrogen) atoms. The van der Waals surface area contributed by atoms with Crippen LogP contribution in [0.2, 0.25) is 0 Å². The van der Waals surface area contributed by atoms with Gasteiger partial charge in [-0.2, -0.15) is 0 Å². The maximum absolute atomic E-state index is 13.8. The number of nitrogens with two attached hydrogens (primary N) is 1. The van der Waals surface area contributed by atoms with E-state index in [0.717, 1.165) is 23.8 Å². The summed E-state index contributed by atoms with van der Waals surface area (Å²) in [5.41, 5.74) is 7.08. The highest BCUT2D eigenvalue weighted by atomic mass is 32.2. The van der Waals surface area contributed by atoms with Crippen molar-refractivity contribution in [1.82, 2.24) is 4.98 Å². The molecule has 1 aromatic heterocycles. The molecule has 3 aromatic rings. The Balaban J connectivity index is 2.08. The summed E-state index contributed by atoms with van der Waals surface area (Å²) in [5.74, 6) is -0.671. The van der Waals surface area contributed by atoms with Crippen molar-refractivity contribution in [2.45, 2.75) is 18.4 Å². The van der Waals surface area contributed by atoms with E-state index in [1.165, 1.54) is 17.9 Å². The summed E-state index contributed by atoms with van der Waals surface area (Å²) >= 11 is 0. The number of hydrogen-bond donors (Lipinski definition) is 1. The molecule has 6 nitrogen and oxygen atoms in total. The summed E-state index contributed by atoms with van der Waals surface area (Å²) in [6, 6.07) is 12.2. The van der Waals surface area contributed by atoms with Crippen LogP contribution in [0.4, 0.5) is 15.9 Å². The zero-order chi connectivity index (χ0) is 19.8. The van der Waals surface area contributed by atoms with E-state index in [4.69, 9.17) is 5.73 Å². The third-order valence-corrected chi connectivity index (χ3v) is 5.25. The van der Waals surface area contributed by atoms with Gasteiger partial charge >= 0.3 is 0 Å². The van der Waals surface area contributed by atoms with Crippen LogP contribution in [0.25, 0.3) is 10.9 Å². The fourth-order valence-corrected chi connectivity index (χ4v) is 3.70. The number of rotatable bonds is 4. The van der Waals surface area contributed by atoms with E-state index in [1.54, 1.807) is 18.2 Å². The molecule has 0 saturated carbocycles. The molecule has 0 radical (unpaired) electrons. The lowest BCUT2D eigenvalue weighted by molar-refractivity contribution is -0.116. The molecule has 3 rings (SSSR count). The van der Waals surface area contributed by atoms with E-state index in [1.807, 2.05) is 12.1 Å². The molecule has 1 amide bonds. The first-order chi connectivity index (χ1) is 12.6. The molecule has 2 N–H and O–H groups in total. The summed E-state index contributed by atoms with van der Waals surface area (Å²) in [4.78, 5) is 17.6. The molecule has 1 heterocycles. The quantitative estimate of drug-likeness (QED) is 0.695. The predicted octanol–water partition coefficient (Wildman–Crippen LogP) is 2.91. The fourth-order valence-electron chi connectivity index (χ4n) is 2.84. The zero-order valence-electron chi connectivity index (χ0n) is 14.8. The third kappa shape index (κ3) is 4.06. The number of benzene rings is 2. The summed E-state index contributed by atoms with van der Waals surface area (Å²) in [7, 11) is -3.65. The van der Waals surface area contributed by atoms with Crippen molar-refractivity contribution in [1.29, 1.82) is 0 Å². The maximum Gasteiger partial charge on any atom is 0.224 e. The monoisotopic (exact) mass is 387 g/mol. The van der Waals surface area contributed by atoms with Crippen LogP contribution in [0.3, 0.4) is 0 Å². The van der Waals surface area contributed by atoms with Crippen LogP contribution < -0.4 is 10.6 Å². The second-order valence-electron chi connectivity index (χ2n) is 6.25. The molecule has 0 aliphatic heterocycles. The number of hydrogen-bond acceptors (Lipinski definition) is 5. The minimum Gasteiger partial charge on any atom is -0.384 e. The Morgan fingerprint density at radius 3 is 2.52 bits per heavy atom. The van der Waals surface area contributed by atoms with E-state index >= 15 is 0 Å². The van der Waals surface area contributed by atoms with Crippen molar-refractivity contribution in [2.24, 2.45) is 0 Å². The van der Waals surface area contributed by atoms with Crippen LogP contribution in [-0.4, -0.2) is 25.6 Å². The predicted molar refractivity (Wildman–Crippen MR) is 103 cm³/mol. The van der Waals surface area contributed by atoms with Gasteiger partial charge in [-0.1, -0.05) is 12.1 Å². The lowest BCUT2D eigenvalue weighted by atomic mass is 10.1. The fraction of sp³-hybridized carbons (Fsp3) is 0.158. The van der Waals surface area contributed by atoms with Gasteiger partial charge in [0.05, 0.1) is 22.6 Å². The zero-order valence-corrected chi connectivity index (χ0v) is 15.6. The smallest absolute Gasteiger partial charge is 0.224 e. The molecule has 0 aliphatic carbocycles.